The van der Waals surface area contributed by atoms with E-state index in [0.717, 1.165) is 5.69 Å². The molecule has 4 heteroatoms. The van der Waals surface area contributed by atoms with Crippen LogP contribution in [0.25, 0.3) is 0 Å². The number of rotatable bonds is 4. The van der Waals surface area contributed by atoms with E-state index in [2.05, 4.69) is 35.2 Å². The molecule has 0 aliphatic carbocycles. The van der Waals surface area contributed by atoms with Crippen molar-refractivity contribution in [2.75, 3.05) is 20.1 Å². The molecule has 1 aliphatic heterocycles. The van der Waals surface area contributed by atoms with Gasteiger partial charge < -0.3 is 5.32 Å². The summed E-state index contributed by atoms with van der Waals surface area (Å²) in [7, 11) is 4.02. The molecule has 1 aromatic heterocycles. The van der Waals surface area contributed by atoms with Gasteiger partial charge in [0.1, 0.15) is 0 Å². The lowest BCUT2D eigenvalue weighted by molar-refractivity contribution is 0.0847. The Hall–Kier alpha value is -0.870. The third-order valence-electron chi connectivity index (χ3n) is 4.45. The van der Waals surface area contributed by atoms with Crippen molar-refractivity contribution in [1.82, 2.24) is 20.0 Å². The first-order valence-electron chi connectivity index (χ1n) is 7.47. The summed E-state index contributed by atoms with van der Waals surface area (Å²) in [6.07, 6.45) is 7.42. The standard InChI is InChI=1S/C15H28N4/c1-15(2,19-10-7-5-6-8-11-19)14(16-3)13-9-12-18(4)17-13/h9,12,14,16H,5-8,10-11H2,1-4H3. The molecule has 0 saturated carbocycles. The molecule has 0 bridgehead atoms. The van der Waals surface area contributed by atoms with Crippen LogP contribution < -0.4 is 5.32 Å². The largest absolute Gasteiger partial charge is 0.310 e. The molecule has 0 amide bonds. The number of likely N-dealkylation sites (tertiary alicyclic amines) is 1. The van der Waals surface area contributed by atoms with Gasteiger partial charge in [-0.2, -0.15) is 5.10 Å². The van der Waals surface area contributed by atoms with Gasteiger partial charge in [0.05, 0.1) is 11.7 Å². The minimum absolute atomic E-state index is 0.0907. The molecule has 1 N–H and O–H groups in total. The van der Waals surface area contributed by atoms with Crippen LogP contribution >= 0.6 is 0 Å². The molecule has 0 aromatic carbocycles. The zero-order valence-corrected chi connectivity index (χ0v) is 12.8. The molecular formula is C15H28N4. The maximum absolute atomic E-state index is 4.59. The van der Waals surface area contributed by atoms with Crippen LogP contribution in [0, 0.1) is 0 Å². The van der Waals surface area contributed by atoms with Crippen molar-refractivity contribution in [2.45, 2.75) is 51.1 Å². The average molecular weight is 264 g/mol. The van der Waals surface area contributed by atoms with Gasteiger partial charge in [0, 0.05) is 18.8 Å². The van der Waals surface area contributed by atoms with Gasteiger partial charge >= 0.3 is 0 Å². The Morgan fingerprint density at radius 1 is 1.21 bits per heavy atom. The zero-order chi connectivity index (χ0) is 13.9. The first kappa shape index (κ1) is 14.5. The Morgan fingerprint density at radius 2 is 1.84 bits per heavy atom. The normalized spacial score (nSPS) is 20.2. The second-order valence-corrected chi connectivity index (χ2v) is 6.19. The van der Waals surface area contributed by atoms with Gasteiger partial charge in [0.2, 0.25) is 0 Å². The van der Waals surface area contributed by atoms with Crippen molar-refractivity contribution >= 4 is 0 Å². The molecule has 0 spiro atoms. The summed E-state index contributed by atoms with van der Waals surface area (Å²) in [5.74, 6) is 0. The van der Waals surface area contributed by atoms with Crippen molar-refractivity contribution in [3.05, 3.63) is 18.0 Å². The lowest BCUT2D eigenvalue weighted by Gasteiger charge is -2.43. The van der Waals surface area contributed by atoms with Crippen LogP contribution in [-0.4, -0.2) is 40.4 Å². The van der Waals surface area contributed by atoms with E-state index in [1.165, 1.54) is 38.8 Å². The number of likely N-dealkylation sites (N-methyl/N-ethyl adjacent to an activating group) is 1. The van der Waals surface area contributed by atoms with Crippen molar-refractivity contribution in [2.24, 2.45) is 7.05 Å². The Balaban J connectivity index is 2.19. The molecule has 19 heavy (non-hydrogen) atoms. The van der Waals surface area contributed by atoms with Crippen LogP contribution in [0.15, 0.2) is 12.3 Å². The van der Waals surface area contributed by atoms with Crippen LogP contribution in [0.2, 0.25) is 0 Å². The van der Waals surface area contributed by atoms with Gasteiger partial charge in [-0.15, -0.1) is 0 Å². The number of hydrogen-bond donors (Lipinski definition) is 1. The van der Waals surface area contributed by atoms with Gasteiger partial charge in [0.15, 0.2) is 0 Å². The molecule has 108 valence electrons. The second-order valence-electron chi connectivity index (χ2n) is 6.19. The summed E-state index contributed by atoms with van der Waals surface area (Å²) in [5, 5.41) is 8.07. The van der Waals surface area contributed by atoms with Gasteiger partial charge in [0.25, 0.3) is 0 Å². The molecule has 1 atom stereocenters. The van der Waals surface area contributed by atoms with E-state index in [1.807, 2.05) is 25.0 Å². The second kappa shape index (κ2) is 6.06. The number of hydrogen-bond acceptors (Lipinski definition) is 3. The maximum atomic E-state index is 4.59. The van der Waals surface area contributed by atoms with Crippen molar-refractivity contribution in [3.63, 3.8) is 0 Å². The van der Waals surface area contributed by atoms with Crippen LogP contribution in [-0.2, 0) is 7.05 Å². The Bertz CT molecular complexity index is 389. The summed E-state index contributed by atoms with van der Waals surface area (Å²) in [4.78, 5) is 2.63. The lowest BCUT2D eigenvalue weighted by Crippen LogP contribution is -2.52. The Morgan fingerprint density at radius 3 is 2.32 bits per heavy atom. The molecule has 1 saturated heterocycles. The van der Waals surface area contributed by atoms with E-state index in [0.29, 0.717) is 0 Å². The van der Waals surface area contributed by atoms with E-state index in [1.54, 1.807) is 0 Å². The monoisotopic (exact) mass is 264 g/mol. The molecule has 1 aliphatic rings. The number of aryl methyl sites for hydroxylation is 1. The number of nitrogens with zero attached hydrogens (tertiary/aromatic N) is 3. The first-order chi connectivity index (χ1) is 9.05. The zero-order valence-electron chi connectivity index (χ0n) is 12.8. The third-order valence-corrected chi connectivity index (χ3v) is 4.45. The minimum Gasteiger partial charge on any atom is -0.310 e. The summed E-state index contributed by atoms with van der Waals surface area (Å²) < 4.78 is 1.89. The molecule has 1 fully saturated rings. The van der Waals surface area contributed by atoms with E-state index in [4.69, 9.17) is 0 Å². The predicted molar refractivity (Wildman–Crippen MR) is 79.1 cm³/mol. The Kier molecular flexibility index (Phi) is 4.63. The highest BCUT2D eigenvalue weighted by Gasteiger charge is 2.36. The topological polar surface area (TPSA) is 33.1 Å². The molecule has 2 heterocycles. The van der Waals surface area contributed by atoms with Crippen molar-refractivity contribution in [3.8, 4) is 0 Å². The van der Waals surface area contributed by atoms with Crippen LogP contribution in [0.5, 0.6) is 0 Å². The Labute approximate surface area is 117 Å². The smallest absolute Gasteiger partial charge is 0.0812 e. The highest BCUT2D eigenvalue weighted by atomic mass is 15.3. The van der Waals surface area contributed by atoms with Gasteiger partial charge in [-0.25, -0.2) is 0 Å². The summed E-state index contributed by atoms with van der Waals surface area (Å²) in [6.45, 7) is 7.10. The summed E-state index contributed by atoms with van der Waals surface area (Å²) in [6, 6.07) is 2.40. The first-order valence-corrected chi connectivity index (χ1v) is 7.47. The third kappa shape index (κ3) is 3.18. The maximum Gasteiger partial charge on any atom is 0.0812 e. The van der Waals surface area contributed by atoms with E-state index in [-0.39, 0.29) is 11.6 Å². The van der Waals surface area contributed by atoms with Crippen molar-refractivity contribution in [1.29, 1.82) is 0 Å². The summed E-state index contributed by atoms with van der Waals surface area (Å²) >= 11 is 0. The summed E-state index contributed by atoms with van der Waals surface area (Å²) in [5.41, 5.74) is 1.23. The van der Waals surface area contributed by atoms with Crippen LogP contribution in [0.1, 0.15) is 51.3 Å². The number of nitrogens with one attached hydrogen (secondary N) is 1. The SMILES string of the molecule is CNC(c1ccn(C)n1)C(C)(C)N1CCCCCC1. The molecular weight excluding hydrogens is 236 g/mol. The van der Waals surface area contributed by atoms with E-state index < -0.39 is 0 Å². The quantitative estimate of drug-likeness (QED) is 0.906. The molecule has 2 rings (SSSR count). The average Bonchev–Trinajstić information content (AvgIpc) is 2.65. The fraction of sp³-hybridized carbons (Fsp3) is 0.800. The highest BCUT2D eigenvalue weighted by Crippen LogP contribution is 2.31. The molecule has 0 radical (unpaired) electrons. The molecule has 1 aromatic rings. The van der Waals surface area contributed by atoms with Gasteiger partial charge in [-0.05, 0) is 52.9 Å². The van der Waals surface area contributed by atoms with Crippen molar-refractivity contribution < 1.29 is 0 Å². The molecule has 1 unspecified atom stereocenters. The van der Waals surface area contributed by atoms with Crippen LogP contribution in [0.4, 0.5) is 0 Å². The van der Waals surface area contributed by atoms with Gasteiger partial charge in [-0.3, -0.25) is 9.58 Å². The minimum atomic E-state index is 0.0907. The van der Waals surface area contributed by atoms with Gasteiger partial charge in [-0.1, -0.05) is 12.8 Å². The van der Waals surface area contributed by atoms with E-state index in [9.17, 15) is 0 Å². The fourth-order valence-corrected chi connectivity index (χ4v) is 3.28. The molecule has 4 nitrogen and oxygen atoms in total. The lowest BCUT2D eigenvalue weighted by atomic mass is 9.89. The fourth-order valence-electron chi connectivity index (χ4n) is 3.28. The predicted octanol–water partition coefficient (Wildman–Crippen LogP) is 2.34. The van der Waals surface area contributed by atoms with E-state index >= 15 is 0 Å². The number of aromatic nitrogens is 2. The van der Waals surface area contributed by atoms with Crippen LogP contribution in [0.3, 0.4) is 0 Å². The highest BCUT2D eigenvalue weighted by molar-refractivity contribution is 5.12.